The van der Waals surface area contributed by atoms with Crippen molar-refractivity contribution >= 4 is 11.7 Å². The van der Waals surface area contributed by atoms with E-state index in [1.807, 2.05) is 0 Å². The van der Waals surface area contributed by atoms with Crippen LogP contribution in [0.5, 0.6) is 0 Å². The van der Waals surface area contributed by atoms with Crippen LogP contribution in [0.3, 0.4) is 0 Å². The Balaban J connectivity index is 2.28. The Bertz CT molecular complexity index is 387. The summed E-state index contributed by atoms with van der Waals surface area (Å²) in [6.45, 7) is 0.849. The van der Waals surface area contributed by atoms with Gasteiger partial charge < -0.3 is 21.1 Å². The molecule has 0 aliphatic rings. The van der Waals surface area contributed by atoms with Crippen molar-refractivity contribution in [1.82, 2.24) is 5.32 Å². The lowest BCUT2D eigenvalue weighted by molar-refractivity contribution is 0.177. The molecule has 0 heterocycles. The van der Waals surface area contributed by atoms with Gasteiger partial charge in [-0.2, -0.15) is 0 Å². The van der Waals surface area contributed by atoms with Crippen molar-refractivity contribution in [1.29, 1.82) is 0 Å². The minimum atomic E-state index is -0.469. The lowest BCUT2D eigenvalue weighted by Gasteiger charge is -2.11. The average molecular weight is 255 g/mol. The molecule has 5 nitrogen and oxygen atoms in total. The highest BCUT2D eigenvalue weighted by atomic mass is 19.1. The molecular formula is C12H18FN3O2. The van der Waals surface area contributed by atoms with Crippen molar-refractivity contribution in [2.45, 2.75) is 12.5 Å². The van der Waals surface area contributed by atoms with Gasteiger partial charge in [0.05, 0.1) is 12.3 Å². The van der Waals surface area contributed by atoms with Gasteiger partial charge in [0, 0.05) is 19.7 Å². The van der Waals surface area contributed by atoms with Crippen molar-refractivity contribution in [2.75, 3.05) is 25.6 Å². The van der Waals surface area contributed by atoms with E-state index < -0.39 is 11.8 Å². The van der Waals surface area contributed by atoms with Gasteiger partial charge in [0.25, 0.3) is 0 Å². The molecule has 0 bridgehead atoms. The highest BCUT2D eigenvalue weighted by Gasteiger charge is 2.06. The normalized spacial score (nSPS) is 11.9. The smallest absolute Gasteiger partial charge is 0.319 e. The summed E-state index contributed by atoms with van der Waals surface area (Å²) in [6, 6.07) is 5.40. The summed E-state index contributed by atoms with van der Waals surface area (Å²) in [7, 11) is 1.57. The van der Waals surface area contributed by atoms with Gasteiger partial charge in [0.15, 0.2) is 0 Å². The first-order chi connectivity index (χ1) is 8.63. The Hall–Kier alpha value is -1.66. The highest BCUT2D eigenvalue weighted by Crippen LogP contribution is 2.11. The number of nitrogens with one attached hydrogen (secondary N) is 2. The maximum absolute atomic E-state index is 13.2. The molecule has 0 fully saturated rings. The summed E-state index contributed by atoms with van der Waals surface area (Å²) in [4.78, 5) is 11.4. The summed E-state index contributed by atoms with van der Waals surface area (Å²) in [5.74, 6) is -0.469. The van der Waals surface area contributed by atoms with Gasteiger partial charge in [0.1, 0.15) is 5.82 Å². The maximum atomic E-state index is 13.2. The van der Waals surface area contributed by atoms with Gasteiger partial charge in [-0.05, 0) is 18.6 Å². The third-order valence-corrected chi connectivity index (χ3v) is 2.30. The number of anilines is 1. The van der Waals surface area contributed by atoms with E-state index in [0.717, 1.165) is 0 Å². The molecule has 1 atom stereocenters. The predicted octanol–water partition coefficient (Wildman–Crippen LogP) is 1.31. The number of urea groups is 1. The first-order valence-corrected chi connectivity index (χ1v) is 5.67. The van der Waals surface area contributed by atoms with Crippen LogP contribution < -0.4 is 16.4 Å². The summed E-state index contributed by atoms with van der Waals surface area (Å²) < 4.78 is 18.1. The molecule has 0 saturated heterocycles. The maximum Gasteiger partial charge on any atom is 0.319 e. The number of methoxy groups -OCH3 is 1. The average Bonchev–Trinajstić information content (AvgIpc) is 2.32. The number of amides is 2. The van der Waals surface area contributed by atoms with Crippen molar-refractivity contribution < 1.29 is 13.9 Å². The molecule has 1 aromatic rings. The number of carbonyl (C=O) groups excluding carboxylic acids is 1. The molecule has 1 rings (SSSR count). The van der Waals surface area contributed by atoms with E-state index in [1.165, 1.54) is 12.1 Å². The third kappa shape index (κ3) is 5.11. The zero-order valence-electron chi connectivity index (χ0n) is 10.3. The number of para-hydroxylation sites is 1. The molecule has 0 radical (unpaired) electrons. The van der Waals surface area contributed by atoms with E-state index in [2.05, 4.69) is 10.6 Å². The molecule has 2 amide bonds. The van der Waals surface area contributed by atoms with Crippen LogP contribution >= 0.6 is 0 Å². The zero-order valence-corrected chi connectivity index (χ0v) is 10.3. The van der Waals surface area contributed by atoms with Crippen molar-refractivity contribution in [2.24, 2.45) is 5.73 Å². The van der Waals surface area contributed by atoms with Crippen LogP contribution in [0.2, 0.25) is 0 Å². The van der Waals surface area contributed by atoms with E-state index in [0.29, 0.717) is 19.6 Å². The fourth-order valence-electron chi connectivity index (χ4n) is 1.40. The van der Waals surface area contributed by atoms with Crippen LogP contribution in [0.15, 0.2) is 24.3 Å². The molecule has 0 aliphatic heterocycles. The minimum Gasteiger partial charge on any atom is -0.383 e. The van der Waals surface area contributed by atoms with E-state index in [9.17, 15) is 9.18 Å². The number of carbonyl (C=O) groups is 1. The number of hydrogen-bond donors (Lipinski definition) is 3. The summed E-state index contributed by atoms with van der Waals surface area (Å²) >= 11 is 0. The lowest BCUT2D eigenvalue weighted by Crippen LogP contribution is -2.35. The number of rotatable bonds is 6. The van der Waals surface area contributed by atoms with E-state index in [4.69, 9.17) is 10.5 Å². The topological polar surface area (TPSA) is 76.4 Å². The van der Waals surface area contributed by atoms with Gasteiger partial charge in [-0.15, -0.1) is 0 Å². The Morgan fingerprint density at radius 1 is 1.50 bits per heavy atom. The molecular weight excluding hydrogens is 237 g/mol. The van der Waals surface area contributed by atoms with Gasteiger partial charge in [-0.25, -0.2) is 9.18 Å². The minimum absolute atomic E-state index is 0.122. The van der Waals surface area contributed by atoms with Crippen LogP contribution in [0.1, 0.15) is 6.42 Å². The molecule has 0 aromatic heterocycles. The number of nitrogens with two attached hydrogens (primary N) is 1. The first kappa shape index (κ1) is 14.4. The van der Waals surface area contributed by atoms with E-state index in [-0.39, 0.29) is 11.7 Å². The summed E-state index contributed by atoms with van der Waals surface area (Å²) in [6.07, 6.45) is 0.596. The van der Waals surface area contributed by atoms with Crippen LogP contribution in [-0.2, 0) is 4.74 Å². The fraction of sp³-hybridized carbons (Fsp3) is 0.417. The zero-order chi connectivity index (χ0) is 13.4. The fourth-order valence-corrected chi connectivity index (χ4v) is 1.40. The lowest BCUT2D eigenvalue weighted by atomic mass is 10.2. The Kier molecular flexibility index (Phi) is 6.10. The molecule has 0 aliphatic carbocycles. The highest BCUT2D eigenvalue weighted by molar-refractivity contribution is 5.89. The molecule has 0 spiro atoms. The van der Waals surface area contributed by atoms with Crippen molar-refractivity contribution in [3.8, 4) is 0 Å². The van der Waals surface area contributed by atoms with Crippen LogP contribution in [0.25, 0.3) is 0 Å². The van der Waals surface area contributed by atoms with Crippen LogP contribution in [-0.4, -0.2) is 32.3 Å². The molecule has 1 aromatic carbocycles. The molecule has 6 heteroatoms. The van der Waals surface area contributed by atoms with E-state index >= 15 is 0 Å². The third-order valence-electron chi connectivity index (χ3n) is 2.30. The van der Waals surface area contributed by atoms with Gasteiger partial charge in [0.2, 0.25) is 0 Å². The Labute approximate surface area is 106 Å². The molecule has 1 unspecified atom stereocenters. The number of ether oxygens (including phenoxy) is 1. The standard InChI is InChI=1S/C12H18FN3O2/c1-18-8-9(14)6-7-15-12(17)16-11-5-3-2-4-10(11)13/h2-5,9H,6-8,14H2,1H3,(H2,15,16,17). The van der Waals surface area contributed by atoms with E-state index in [1.54, 1.807) is 19.2 Å². The Morgan fingerprint density at radius 3 is 2.89 bits per heavy atom. The summed E-state index contributed by atoms with van der Waals surface area (Å²) in [5, 5.41) is 5.01. The first-order valence-electron chi connectivity index (χ1n) is 5.67. The van der Waals surface area contributed by atoms with Crippen molar-refractivity contribution in [3.63, 3.8) is 0 Å². The SMILES string of the molecule is COCC(N)CCNC(=O)Nc1ccccc1F. The van der Waals surface area contributed by atoms with Gasteiger partial charge >= 0.3 is 6.03 Å². The van der Waals surface area contributed by atoms with Gasteiger partial charge in [-0.1, -0.05) is 12.1 Å². The molecule has 100 valence electrons. The van der Waals surface area contributed by atoms with Gasteiger partial charge in [-0.3, -0.25) is 0 Å². The second-order valence-electron chi connectivity index (χ2n) is 3.86. The molecule has 18 heavy (non-hydrogen) atoms. The van der Waals surface area contributed by atoms with Crippen LogP contribution in [0.4, 0.5) is 14.9 Å². The second kappa shape index (κ2) is 7.62. The Morgan fingerprint density at radius 2 is 2.22 bits per heavy atom. The number of hydrogen-bond acceptors (Lipinski definition) is 3. The summed E-state index contributed by atoms with van der Waals surface area (Å²) in [5.41, 5.74) is 5.84. The predicted molar refractivity (Wildman–Crippen MR) is 67.9 cm³/mol. The van der Waals surface area contributed by atoms with Crippen LogP contribution in [0, 0.1) is 5.82 Å². The van der Waals surface area contributed by atoms with Crippen molar-refractivity contribution in [3.05, 3.63) is 30.1 Å². The number of benzene rings is 1. The quantitative estimate of drug-likeness (QED) is 0.717. The molecule has 4 N–H and O–H groups in total. The number of halogens is 1. The largest absolute Gasteiger partial charge is 0.383 e. The second-order valence-corrected chi connectivity index (χ2v) is 3.86. The monoisotopic (exact) mass is 255 g/mol. The molecule has 0 saturated carbocycles.